The van der Waals surface area contributed by atoms with Gasteiger partial charge in [0.2, 0.25) is 0 Å². The molecule has 5 rings (SSSR count). The lowest BCUT2D eigenvalue weighted by Gasteiger charge is -2.27. The Hall–Kier alpha value is -3.36. The van der Waals surface area contributed by atoms with Crippen LogP contribution in [0.3, 0.4) is 0 Å². The molecule has 1 fully saturated rings. The summed E-state index contributed by atoms with van der Waals surface area (Å²) in [7, 11) is 0. The van der Waals surface area contributed by atoms with E-state index in [0.717, 1.165) is 48.0 Å². The Bertz CT molecular complexity index is 1220. The SMILES string of the molecule is Fc1cccc(COc2ccc(NC3=C4CC(=NOCCN5CCCCC5)C=CC4NC=N3)cc2Cl)c1. The molecule has 2 aromatic rings. The van der Waals surface area contributed by atoms with Crippen molar-refractivity contribution < 1.29 is 14.0 Å². The summed E-state index contributed by atoms with van der Waals surface area (Å²) in [6, 6.07) is 11.8. The van der Waals surface area contributed by atoms with E-state index in [1.165, 1.54) is 31.4 Å². The Labute approximate surface area is 221 Å². The molecule has 0 amide bonds. The van der Waals surface area contributed by atoms with Gasteiger partial charge in [0.05, 0.1) is 23.1 Å². The highest BCUT2D eigenvalue weighted by molar-refractivity contribution is 6.32. The molecule has 2 N–H and O–H groups in total. The maximum atomic E-state index is 13.4. The maximum Gasteiger partial charge on any atom is 0.138 e. The Morgan fingerprint density at radius 2 is 2.05 bits per heavy atom. The van der Waals surface area contributed by atoms with E-state index < -0.39 is 0 Å². The number of fused-ring (bicyclic) bond motifs is 1. The van der Waals surface area contributed by atoms with Crippen molar-refractivity contribution in [2.75, 3.05) is 31.6 Å². The molecule has 1 atom stereocenters. The van der Waals surface area contributed by atoms with Gasteiger partial charge in [-0.3, -0.25) is 4.90 Å². The number of oxime groups is 1. The zero-order chi connectivity index (χ0) is 25.5. The number of anilines is 1. The van der Waals surface area contributed by atoms with Gasteiger partial charge in [0, 0.05) is 24.2 Å². The summed E-state index contributed by atoms with van der Waals surface area (Å²) >= 11 is 6.48. The van der Waals surface area contributed by atoms with Crippen LogP contribution in [0.5, 0.6) is 5.75 Å². The minimum Gasteiger partial charge on any atom is -0.487 e. The van der Waals surface area contributed by atoms with E-state index in [0.29, 0.717) is 23.8 Å². The number of ether oxygens (including phenoxy) is 1. The molecular weight excluding hydrogens is 493 g/mol. The minimum absolute atomic E-state index is 0.0386. The molecule has 1 aliphatic carbocycles. The molecule has 3 aliphatic rings. The van der Waals surface area contributed by atoms with Crippen molar-refractivity contribution in [1.29, 1.82) is 0 Å². The molecule has 0 saturated carbocycles. The van der Waals surface area contributed by atoms with Crippen LogP contribution in [0.15, 0.2) is 76.2 Å². The summed E-state index contributed by atoms with van der Waals surface area (Å²) in [5.74, 6) is 0.980. The molecule has 2 aromatic carbocycles. The number of aliphatic imine (C=N–C) groups is 1. The first kappa shape index (κ1) is 25.3. The van der Waals surface area contributed by atoms with E-state index in [1.54, 1.807) is 24.5 Å². The Morgan fingerprint density at radius 1 is 1.16 bits per heavy atom. The third-order valence-corrected chi connectivity index (χ3v) is 6.88. The molecule has 0 spiro atoms. The number of piperidine rings is 1. The predicted octanol–water partition coefficient (Wildman–Crippen LogP) is 5.50. The average molecular weight is 524 g/mol. The van der Waals surface area contributed by atoms with E-state index >= 15 is 0 Å². The molecule has 37 heavy (non-hydrogen) atoms. The molecule has 1 saturated heterocycles. The number of rotatable bonds is 9. The number of hydrogen-bond donors (Lipinski definition) is 2. The lowest BCUT2D eigenvalue weighted by Crippen LogP contribution is -2.36. The Kier molecular flexibility index (Phi) is 8.38. The first-order valence-corrected chi connectivity index (χ1v) is 13.1. The largest absolute Gasteiger partial charge is 0.487 e. The first-order chi connectivity index (χ1) is 18.1. The molecule has 9 heteroatoms. The number of benzene rings is 2. The van der Waals surface area contributed by atoms with Crippen molar-refractivity contribution in [3.8, 4) is 5.75 Å². The summed E-state index contributed by atoms with van der Waals surface area (Å²) < 4.78 is 19.2. The van der Waals surface area contributed by atoms with Crippen LogP contribution in [0.2, 0.25) is 5.02 Å². The van der Waals surface area contributed by atoms with Gasteiger partial charge in [0.1, 0.15) is 30.6 Å². The second kappa shape index (κ2) is 12.3. The number of nitrogens with one attached hydrogen (secondary N) is 2. The minimum atomic E-state index is -0.295. The van der Waals surface area contributed by atoms with E-state index in [4.69, 9.17) is 21.2 Å². The van der Waals surface area contributed by atoms with Gasteiger partial charge in [-0.05, 0) is 67.9 Å². The summed E-state index contributed by atoms with van der Waals surface area (Å²) in [6.45, 7) is 4.03. The van der Waals surface area contributed by atoms with Crippen LogP contribution in [0.4, 0.5) is 10.1 Å². The quantitative estimate of drug-likeness (QED) is 0.335. The molecule has 0 radical (unpaired) electrons. The van der Waals surface area contributed by atoms with E-state index in [1.807, 2.05) is 18.2 Å². The second-order valence-corrected chi connectivity index (χ2v) is 9.73. The van der Waals surface area contributed by atoms with Crippen LogP contribution in [-0.4, -0.2) is 49.2 Å². The fourth-order valence-corrected chi connectivity index (χ4v) is 4.85. The number of halogens is 2. The smallest absolute Gasteiger partial charge is 0.138 e. The van der Waals surface area contributed by atoms with Gasteiger partial charge >= 0.3 is 0 Å². The number of nitrogens with zero attached hydrogens (tertiary/aromatic N) is 3. The fraction of sp³-hybridized carbons (Fsp3) is 0.357. The number of hydrogen-bond acceptors (Lipinski definition) is 7. The molecule has 0 aromatic heterocycles. The summed E-state index contributed by atoms with van der Waals surface area (Å²) in [5.41, 5.74) is 3.46. The van der Waals surface area contributed by atoms with E-state index in [9.17, 15) is 4.39 Å². The molecule has 2 heterocycles. The van der Waals surface area contributed by atoms with Gasteiger partial charge < -0.3 is 20.2 Å². The molecular formula is C28H31ClFN5O2. The molecule has 194 valence electrons. The highest BCUT2D eigenvalue weighted by Crippen LogP contribution is 2.31. The maximum absolute atomic E-state index is 13.4. The third kappa shape index (κ3) is 6.90. The van der Waals surface area contributed by atoms with E-state index in [-0.39, 0.29) is 18.5 Å². The van der Waals surface area contributed by atoms with Crippen LogP contribution < -0.4 is 15.4 Å². The van der Waals surface area contributed by atoms with Gasteiger partial charge in [-0.25, -0.2) is 9.38 Å². The van der Waals surface area contributed by atoms with Crippen molar-refractivity contribution >= 4 is 29.3 Å². The van der Waals surface area contributed by atoms with Gasteiger partial charge in [0.25, 0.3) is 0 Å². The van der Waals surface area contributed by atoms with Gasteiger partial charge in [-0.2, -0.15) is 0 Å². The monoisotopic (exact) mass is 523 g/mol. The Morgan fingerprint density at radius 3 is 2.89 bits per heavy atom. The van der Waals surface area contributed by atoms with Crippen LogP contribution in [0.25, 0.3) is 0 Å². The van der Waals surface area contributed by atoms with Crippen LogP contribution >= 0.6 is 11.6 Å². The molecule has 7 nitrogen and oxygen atoms in total. The predicted molar refractivity (Wildman–Crippen MR) is 146 cm³/mol. The topological polar surface area (TPSA) is 70.5 Å². The standard InChI is InChI=1S/C28H31ClFN5O2/c29-25-17-22(8-10-27(25)36-18-20-5-4-6-21(30)15-20)33-28-24-16-23(7-9-26(24)31-19-32-28)34-37-14-13-35-11-2-1-3-12-35/h4-10,15,17,19,26,33H,1-3,11-14,16,18H2,(H,31,32). The number of likely N-dealkylation sites (tertiary alicyclic amines) is 1. The van der Waals surface area contributed by atoms with Gasteiger partial charge in [0.15, 0.2) is 0 Å². The molecule has 1 unspecified atom stereocenters. The van der Waals surface area contributed by atoms with Crippen LogP contribution in [0, 0.1) is 5.82 Å². The van der Waals surface area contributed by atoms with Crippen molar-refractivity contribution in [1.82, 2.24) is 10.2 Å². The first-order valence-electron chi connectivity index (χ1n) is 12.7. The van der Waals surface area contributed by atoms with Crippen molar-refractivity contribution in [2.45, 2.75) is 38.3 Å². The van der Waals surface area contributed by atoms with Crippen molar-refractivity contribution in [3.63, 3.8) is 0 Å². The fourth-order valence-electron chi connectivity index (χ4n) is 4.62. The zero-order valence-electron chi connectivity index (χ0n) is 20.6. The summed E-state index contributed by atoms with van der Waals surface area (Å²) in [5, 5.41) is 11.5. The van der Waals surface area contributed by atoms with Crippen LogP contribution in [-0.2, 0) is 11.4 Å². The molecule has 0 bridgehead atoms. The van der Waals surface area contributed by atoms with Crippen LogP contribution in [0.1, 0.15) is 31.2 Å². The zero-order valence-corrected chi connectivity index (χ0v) is 21.4. The highest BCUT2D eigenvalue weighted by Gasteiger charge is 2.24. The van der Waals surface area contributed by atoms with Gasteiger partial charge in [-0.1, -0.05) is 41.4 Å². The van der Waals surface area contributed by atoms with Crippen molar-refractivity contribution in [2.24, 2.45) is 10.1 Å². The Balaban J connectivity index is 1.20. The van der Waals surface area contributed by atoms with Crippen molar-refractivity contribution in [3.05, 3.63) is 82.4 Å². The number of allylic oxidation sites excluding steroid dienone is 1. The highest BCUT2D eigenvalue weighted by atomic mass is 35.5. The lowest BCUT2D eigenvalue weighted by atomic mass is 9.94. The van der Waals surface area contributed by atoms with Gasteiger partial charge in [-0.15, -0.1) is 0 Å². The summed E-state index contributed by atoms with van der Waals surface area (Å²) in [6.07, 6.45) is 10.2. The molecule has 2 aliphatic heterocycles. The normalized spacial score (nSPS) is 20.5. The summed E-state index contributed by atoms with van der Waals surface area (Å²) in [4.78, 5) is 12.6. The second-order valence-electron chi connectivity index (χ2n) is 9.32. The average Bonchev–Trinajstić information content (AvgIpc) is 2.92. The third-order valence-electron chi connectivity index (χ3n) is 6.59. The van der Waals surface area contributed by atoms with E-state index in [2.05, 4.69) is 31.8 Å². The lowest BCUT2D eigenvalue weighted by molar-refractivity contribution is 0.102.